The van der Waals surface area contributed by atoms with E-state index in [0.29, 0.717) is 24.3 Å². The Hall–Kier alpha value is -1.62. The Morgan fingerprint density at radius 3 is 2.56 bits per heavy atom. The van der Waals surface area contributed by atoms with E-state index in [1.165, 1.54) is 49.8 Å². The molecule has 2 heterocycles. The number of amides is 1. The number of fused-ring (bicyclic) bond motifs is 1. The second-order valence-electron chi connectivity index (χ2n) is 8.54. The van der Waals surface area contributed by atoms with Crippen molar-refractivity contribution in [3.63, 3.8) is 0 Å². The number of aromatic nitrogens is 2. The lowest BCUT2D eigenvalue weighted by molar-refractivity contribution is 0.0716. The topological polar surface area (TPSA) is 50.2 Å². The minimum absolute atomic E-state index is 0.145. The summed E-state index contributed by atoms with van der Waals surface area (Å²) in [6.07, 6.45) is 15.1. The fourth-order valence-corrected chi connectivity index (χ4v) is 5.12. The van der Waals surface area contributed by atoms with Crippen LogP contribution in [0.2, 0.25) is 0 Å². The van der Waals surface area contributed by atoms with Crippen LogP contribution < -0.4 is 5.32 Å². The summed E-state index contributed by atoms with van der Waals surface area (Å²) >= 11 is 0. The maximum Gasteiger partial charge on any atom is 0.274 e. The fraction of sp³-hybridized carbons (Fsp3) is 0.727. The minimum Gasteiger partial charge on any atom is -0.337 e. The molecule has 1 aromatic heterocycles. The third kappa shape index (κ3) is 4.13. The molecule has 1 aliphatic heterocycles. The highest BCUT2D eigenvalue weighted by Crippen LogP contribution is 2.28. The van der Waals surface area contributed by atoms with Crippen LogP contribution >= 0.6 is 0 Å². The lowest BCUT2D eigenvalue weighted by Gasteiger charge is -2.31. The molecular formula is C22H34N4O. The van der Waals surface area contributed by atoms with Gasteiger partial charge in [0.05, 0.1) is 6.54 Å². The van der Waals surface area contributed by atoms with Crippen LogP contribution in [0.1, 0.15) is 79.5 Å². The Kier molecular flexibility index (Phi) is 5.96. The normalized spacial score (nSPS) is 23.9. The van der Waals surface area contributed by atoms with Crippen LogP contribution in [0, 0.1) is 0 Å². The molecule has 1 atom stereocenters. The minimum atomic E-state index is 0.145. The molecule has 1 N–H and O–H groups in total. The van der Waals surface area contributed by atoms with Gasteiger partial charge in [0, 0.05) is 36.4 Å². The molecule has 5 nitrogen and oxygen atoms in total. The zero-order valence-electron chi connectivity index (χ0n) is 16.6. The lowest BCUT2D eigenvalue weighted by atomic mass is 9.88. The van der Waals surface area contributed by atoms with E-state index in [0.717, 1.165) is 45.2 Å². The van der Waals surface area contributed by atoms with Crippen LogP contribution in [0.5, 0.6) is 0 Å². The molecule has 1 aromatic rings. The van der Waals surface area contributed by atoms with Crippen molar-refractivity contribution in [1.29, 1.82) is 0 Å². The number of nitrogens with zero attached hydrogens (tertiary/aromatic N) is 3. The predicted molar refractivity (Wildman–Crippen MR) is 108 cm³/mol. The van der Waals surface area contributed by atoms with Crippen molar-refractivity contribution in [3.05, 3.63) is 29.6 Å². The van der Waals surface area contributed by atoms with Gasteiger partial charge in [-0.05, 0) is 51.4 Å². The van der Waals surface area contributed by atoms with Crippen molar-refractivity contribution in [3.8, 4) is 0 Å². The van der Waals surface area contributed by atoms with E-state index in [2.05, 4.69) is 11.9 Å². The highest BCUT2D eigenvalue weighted by molar-refractivity contribution is 5.94. The summed E-state index contributed by atoms with van der Waals surface area (Å²) in [5.41, 5.74) is 3.17. The molecule has 3 aliphatic rings. The predicted octanol–water partition coefficient (Wildman–Crippen LogP) is 3.47. The maximum absolute atomic E-state index is 13.2. The number of carbonyl (C=O) groups is 1. The van der Waals surface area contributed by atoms with Crippen molar-refractivity contribution in [2.45, 2.75) is 89.3 Å². The first-order valence-electron chi connectivity index (χ1n) is 11.0. The first kappa shape index (κ1) is 18.7. The lowest BCUT2D eigenvalue weighted by Crippen LogP contribution is -2.43. The van der Waals surface area contributed by atoms with Gasteiger partial charge in [-0.1, -0.05) is 25.3 Å². The second-order valence-corrected chi connectivity index (χ2v) is 8.54. The average molecular weight is 371 g/mol. The summed E-state index contributed by atoms with van der Waals surface area (Å²) in [5.74, 6) is 0.145. The molecule has 1 amide bonds. The highest BCUT2D eigenvalue weighted by atomic mass is 16.2. The van der Waals surface area contributed by atoms with Gasteiger partial charge in [0.2, 0.25) is 0 Å². The summed E-state index contributed by atoms with van der Waals surface area (Å²) < 4.78 is 2.02. The molecule has 5 heteroatoms. The van der Waals surface area contributed by atoms with Crippen molar-refractivity contribution >= 4 is 5.91 Å². The number of allylic oxidation sites excluding steroid dienone is 1. The molecule has 2 aliphatic carbocycles. The van der Waals surface area contributed by atoms with Gasteiger partial charge < -0.3 is 10.2 Å². The molecular weight excluding hydrogens is 336 g/mol. The molecule has 148 valence electrons. The van der Waals surface area contributed by atoms with Crippen LogP contribution in [-0.2, 0) is 19.4 Å². The van der Waals surface area contributed by atoms with Gasteiger partial charge in [-0.25, -0.2) is 0 Å². The van der Waals surface area contributed by atoms with E-state index >= 15 is 0 Å². The monoisotopic (exact) mass is 370 g/mol. The summed E-state index contributed by atoms with van der Waals surface area (Å²) in [5, 5.41) is 8.67. The Bertz CT molecular complexity index is 668. The molecule has 2 fully saturated rings. The number of nitrogens with one attached hydrogen (secondary N) is 1. The van der Waals surface area contributed by atoms with Crippen LogP contribution in [0.15, 0.2) is 12.7 Å². The summed E-state index contributed by atoms with van der Waals surface area (Å²) in [4.78, 5) is 15.2. The van der Waals surface area contributed by atoms with Gasteiger partial charge in [0.15, 0.2) is 5.69 Å². The standard InChI is InChI=1S/C22H34N4O/c1-2-13-26-20-12-11-18(23-17-9-5-3-6-10-17)16-19(20)21(24-26)22(27)25-14-7-4-8-15-25/h2,17-18,23H,1,3-16H2/t18-/m1/s1. The van der Waals surface area contributed by atoms with Gasteiger partial charge in [-0.3, -0.25) is 9.48 Å². The molecule has 0 unspecified atom stereocenters. The average Bonchev–Trinajstić information content (AvgIpc) is 3.07. The first-order chi connectivity index (χ1) is 13.3. The molecule has 4 rings (SSSR count). The number of carbonyl (C=O) groups excluding carboxylic acids is 1. The van der Waals surface area contributed by atoms with E-state index in [4.69, 9.17) is 5.10 Å². The second kappa shape index (κ2) is 8.59. The van der Waals surface area contributed by atoms with Gasteiger partial charge in [-0.2, -0.15) is 5.10 Å². The quantitative estimate of drug-likeness (QED) is 0.808. The zero-order valence-corrected chi connectivity index (χ0v) is 16.6. The maximum atomic E-state index is 13.2. The smallest absolute Gasteiger partial charge is 0.274 e. The number of hydrogen-bond acceptors (Lipinski definition) is 3. The number of likely N-dealkylation sites (tertiary alicyclic amines) is 1. The van der Waals surface area contributed by atoms with Gasteiger partial charge in [0.25, 0.3) is 5.91 Å². The number of piperidine rings is 1. The summed E-state index contributed by atoms with van der Waals surface area (Å²) in [6.45, 7) is 6.32. The van der Waals surface area contributed by atoms with Crippen LogP contribution in [0.4, 0.5) is 0 Å². The molecule has 1 saturated heterocycles. The fourth-order valence-electron chi connectivity index (χ4n) is 5.12. The molecule has 27 heavy (non-hydrogen) atoms. The first-order valence-corrected chi connectivity index (χ1v) is 11.0. The van der Waals surface area contributed by atoms with E-state index in [9.17, 15) is 4.79 Å². The zero-order chi connectivity index (χ0) is 18.6. The Labute approximate surface area is 163 Å². The van der Waals surface area contributed by atoms with E-state index in [1.54, 1.807) is 0 Å². The largest absolute Gasteiger partial charge is 0.337 e. The van der Waals surface area contributed by atoms with Crippen LogP contribution in [-0.4, -0.2) is 45.8 Å². The summed E-state index contributed by atoms with van der Waals surface area (Å²) in [7, 11) is 0. The van der Waals surface area contributed by atoms with Crippen molar-refractivity contribution in [2.75, 3.05) is 13.1 Å². The molecule has 0 spiro atoms. The van der Waals surface area contributed by atoms with Crippen LogP contribution in [0.3, 0.4) is 0 Å². The summed E-state index contributed by atoms with van der Waals surface area (Å²) in [6, 6.07) is 1.14. The van der Waals surface area contributed by atoms with Crippen LogP contribution in [0.25, 0.3) is 0 Å². The van der Waals surface area contributed by atoms with Crippen molar-refractivity contribution in [1.82, 2.24) is 20.0 Å². The Morgan fingerprint density at radius 2 is 1.81 bits per heavy atom. The number of hydrogen-bond donors (Lipinski definition) is 1. The third-order valence-electron chi connectivity index (χ3n) is 6.57. The molecule has 0 aromatic carbocycles. The van der Waals surface area contributed by atoms with E-state index in [1.807, 2.05) is 15.7 Å². The van der Waals surface area contributed by atoms with E-state index < -0.39 is 0 Å². The molecule has 1 saturated carbocycles. The highest BCUT2D eigenvalue weighted by Gasteiger charge is 2.32. The molecule has 0 radical (unpaired) electrons. The number of rotatable bonds is 5. The Morgan fingerprint density at radius 1 is 1.07 bits per heavy atom. The van der Waals surface area contributed by atoms with Gasteiger partial charge >= 0.3 is 0 Å². The Balaban J connectivity index is 1.53. The molecule has 0 bridgehead atoms. The van der Waals surface area contributed by atoms with Crippen molar-refractivity contribution in [2.24, 2.45) is 0 Å². The SMILES string of the molecule is C=CCn1nc(C(=O)N2CCCCC2)c2c1CC[C@@H](NC1CCCCC1)C2. The van der Waals surface area contributed by atoms with Gasteiger partial charge in [-0.15, -0.1) is 6.58 Å². The third-order valence-corrected chi connectivity index (χ3v) is 6.57. The van der Waals surface area contributed by atoms with E-state index in [-0.39, 0.29) is 5.91 Å². The van der Waals surface area contributed by atoms with Gasteiger partial charge in [0.1, 0.15) is 0 Å². The van der Waals surface area contributed by atoms with Crippen molar-refractivity contribution < 1.29 is 4.79 Å².